The molecule has 0 radical (unpaired) electrons. The van der Waals surface area contributed by atoms with Gasteiger partial charge in [0.25, 0.3) is 5.91 Å². The number of halogens is 1. The van der Waals surface area contributed by atoms with Gasteiger partial charge < -0.3 is 24.3 Å². The van der Waals surface area contributed by atoms with Crippen LogP contribution in [0.15, 0.2) is 43.0 Å². The van der Waals surface area contributed by atoms with Gasteiger partial charge in [0.15, 0.2) is 11.5 Å². The zero-order valence-corrected chi connectivity index (χ0v) is 22.0. The fourth-order valence-corrected chi connectivity index (χ4v) is 4.70. The molecule has 0 aliphatic carbocycles. The molecule has 0 bridgehead atoms. The monoisotopic (exact) mass is 519 g/mol. The van der Waals surface area contributed by atoms with Gasteiger partial charge in [-0.2, -0.15) is 0 Å². The molecule has 1 saturated heterocycles. The molecule has 1 fully saturated rings. The summed E-state index contributed by atoms with van der Waals surface area (Å²) in [5, 5.41) is 2.77. The van der Waals surface area contributed by atoms with Crippen LogP contribution in [0.3, 0.4) is 0 Å². The molecule has 4 heterocycles. The predicted octanol–water partition coefficient (Wildman–Crippen LogP) is 4.42. The largest absolute Gasteiger partial charge is 0.444 e. The SMILES string of the molecule is Cc1cn2cc(NC(=O)c3ccc(N4CCN(C(=O)OC(C)(C)C)C(C)C4)c4nccnc34)cc(F)c2n1. The number of aryl methyl sites for hydroxylation is 1. The van der Waals surface area contributed by atoms with E-state index in [9.17, 15) is 14.0 Å². The highest BCUT2D eigenvalue weighted by atomic mass is 19.1. The summed E-state index contributed by atoms with van der Waals surface area (Å²) in [7, 11) is 0. The van der Waals surface area contributed by atoms with Gasteiger partial charge in [-0.05, 0) is 46.8 Å². The molecule has 5 rings (SSSR count). The highest BCUT2D eigenvalue weighted by Crippen LogP contribution is 2.29. The van der Waals surface area contributed by atoms with Crippen LogP contribution in [0.4, 0.5) is 20.6 Å². The van der Waals surface area contributed by atoms with Gasteiger partial charge in [0.2, 0.25) is 0 Å². The fourth-order valence-electron chi connectivity index (χ4n) is 4.70. The van der Waals surface area contributed by atoms with E-state index in [2.05, 4.69) is 25.2 Å². The number of piperazine rings is 1. The molecule has 1 aliphatic heterocycles. The lowest BCUT2D eigenvalue weighted by molar-refractivity contribution is 0.0159. The molecule has 1 aromatic carbocycles. The van der Waals surface area contributed by atoms with Gasteiger partial charge in [-0.1, -0.05) is 0 Å². The van der Waals surface area contributed by atoms with Crippen molar-refractivity contribution in [2.24, 2.45) is 0 Å². The van der Waals surface area contributed by atoms with Crippen LogP contribution in [0.25, 0.3) is 16.7 Å². The summed E-state index contributed by atoms with van der Waals surface area (Å²) in [5.74, 6) is -0.962. The molecule has 0 saturated carbocycles. The average molecular weight is 520 g/mol. The third-order valence-electron chi connectivity index (χ3n) is 6.33. The minimum Gasteiger partial charge on any atom is -0.444 e. The fraction of sp³-hybridized carbons (Fsp3) is 0.370. The lowest BCUT2D eigenvalue weighted by atomic mass is 10.1. The van der Waals surface area contributed by atoms with Crippen molar-refractivity contribution in [2.75, 3.05) is 29.9 Å². The molecule has 1 unspecified atom stereocenters. The molecule has 38 heavy (non-hydrogen) atoms. The summed E-state index contributed by atoms with van der Waals surface area (Å²) in [6, 6.07) is 4.69. The molecule has 4 aromatic rings. The van der Waals surface area contributed by atoms with Gasteiger partial charge in [0, 0.05) is 56.5 Å². The lowest BCUT2D eigenvalue weighted by Gasteiger charge is -2.41. The number of anilines is 2. The second-order valence-electron chi connectivity index (χ2n) is 10.5. The first-order valence-electron chi connectivity index (χ1n) is 12.4. The number of nitrogens with zero attached hydrogens (tertiary/aromatic N) is 6. The Hall–Kier alpha value is -4.28. The normalized spacial score (nSPS) is 16.2. The van der Waals surface area contributed by atoms with Gasteiger partial charge in [0.05, 0.1) is 22.6 Å². The van der Waals surface area contributed by atoms with Crippen LogP contribution in [-0.2, 0) is 4.74 Å². The van der Waals surface area contributed by atoms with Gasteiger partial charge in [-0.15, -0.1) is 0 Å². The van der Waals surface area contributed by atoms with E-state index < -0.39 is 17.3 Å². The van der Waals surface area contributed by atoms with Gasteiger partial charge in [-0.25, -0.2) is 14.2 Å². The number of pyridine rings is 1. The van der Waals surface area contributed by atoms with Crippen LogP contribution in [-0.4, -0.2) is 67.5 Å². The number of imidazole rings is 1. The Bertz CT molecular complexity index is 1550. The number of amides is 2. The van der Waals surface area contributed by atoms with Crippen LogP contribution < -0.4 is 10.2 Å². The first-order valence-corrected chi connectivity index (χ1v) is 12.4. The van der Waals surface area contributed by atoms with E-state index in [1.165, 1.54) is 12.3 Å². The zero-order chi connectivity index (χ0) is 27.2. The van der Waals surface area contributed by atoms with E-state index in [1.54, 1.807) is 40.9 Å². The van der Waals surface area contributed by atoms with Crippen LogP contribution >= 0.6 is 0 Å². The van der Waals surface area contributed by atoms with Gasteiger partial charge in [0.1, 0.15) is 16.6 Å². The molecule has 11 heteroatoms. The van der Waals surface area contributed by atoms with Gasteiger partial charge in [-0.3, -0.25) is 14.8 Å². The number of ether oxygens (including phenoxy) is 1. The molecule has 10 nitrogen and oxygen atoms in total. The van der Waals surface area contributed by atoms with E-state index in [4.69, 9.17) is 4.74 Å². The van der Waals surface area contributed by atoms with Crippen molar-refractivity contribution < 1.29 is 18.7 Å². The van der Waals surface area contributed by atoms with E-state index in [0.717, 1.165) is 5.69 Å². The smallest absolute Gasteiger partial charge is 0.410 e. The second-order valence-corrected chi connectivity index (χ2v) is 10.5. The number of nitrogens with one attached hydrogen (secondary N) is 1. The van der Waals surface area contributed by atoms with E-state index >= 15 is 0 Å². The summed E-state index contributed by atoms with van der Waals surface area (Å²) >= 11 is 0. The first kappa shape index (κ1) is 25.4. The van der Waals surface area contributed by atoms with Crippen molar-refractivity contribution in [3.63, 3.8) is 0 Å². The Morgan fingerprint density at radius 1 is 1.11 bits per heavy atom. The minimum absolute atomic E-state index is 0.0927. The molecule has 1 atom stereocenters. The predicted molar refractivity (Wildman–Crippen MR) is 142 cm³/mol. The number of fused-ring (bicyclic) bond motifs is 2. The Morgan fingerprint density at radius 2 is 1.84 bits per heavy atom. The number of benzene rings is 1. The third kappa shape index (κ3) is 4.96. The summed E-state index contributed by atoms with van der Waals surface area (Å²) in [6.07, 6.45) is 6.09. The molecular formula is C27H30FN7O3. The van der Waals surface area contributed by atoms with Crippen LogP contribution in [0.1, 0.15) is 43.7 Å². The standard InChI is InChI=1S/C27H30FN7O3/c1-16-13-34-15-18(12-20(28)24(34)31-16)32-25(36)19-6-7-21(23-22(19)29-8-9-30-23)33-10-11-35(17(2)14-33)26(37)38-27(3,4)5/h6-9,12-13,15,17H,10-11,14H2,1-5H3,(H,32,36). The van der Waals surface area contributed by atoms with Crippen LogP contribution in [0, 0.1) is 12.7 Å². The minimum atomic E-state index is -0.564. The molecule has 0 spiro atoms. The summed E-state index contributed by atoms with van der Waals surface area (Å²) in [4.78, 5) is 42.9. The maximum Gasteiger partial charge on any atom is 0.410 e. The Labute approximate surface area is 219 Å². The quantitative estimate of drug-likeness (QED) is 0.427. The van der Waals surface area contributed by atoms with Gasteiger partial charge >= 0.3 is 6.09 Å². The second kappa shape index (κ2) is 9.55. The van der Waals surface area contributed by atoms with Crippen molar-refractivity contribution in [1.82, 2.24) is 24.3 Å². The lowest BCUT2D eigenvalue weighted by Crippen LogP contribution is -2.55. The highest BCUT2D eigenvalue weighted by Gasteiger charge is 2.32. The zero-order valence-electron chi connectivity index (χ0n) is 22.0. The number of rotatable bonds is 3. The maximum absolute atomic E-state index is 14.5. The summed E-state index contributed by atoms with van der Waals surface area (Å²) < 4.78 is 21.6. The van der Waals surface area contributed by atoms with Crippen LogP contribution in [0.2, 0.25) is 0 Å². The van der Waals surface area contributed by atoms with Crippen molar-refractivity contribution in [2.45, 2.75) is 46.3 Å². The molecular weight excluding hydrogens is 489 g/mol. The average Bonchev–Trinajstić information content (AvgIpc) is 3.22. The third-order valence-corrected chi connectivity index (χ3v) is 6.33. The van der Waals surface area contributed by atoms with Crippen molar-refractivity contribution >= 4 is 40.1 Å². The summed E-state index contributed by atoms with van der Waals surface area (Å²) in [5.41, 5.74) is 2.75. The maximum atomic E-state index is 14.5. The Balaban J connectivity index is 1.39. The molecule has 2 amide bonds. The number of hydrogen-bond donors (Lipinski definition) is 1. The number of hydrogen-bond acceptors (Lipinski definition) is 7. The number of carbonyl (C=O) groups excluding carboxylic acids is 2. The topological polar surface area (TPSA) is 105 Å². The number of carbonyl (C=O) groups is 2. The van der Waals surface area contributed by atoms with Crippen molar-refractivity contribution in [3.8, 4) is 0 Å². The molecule has 1 N–H and O–H groups in total. The van der Waals surface area contributed by atoms with E-state index in [1.807, 2.05) is 33.8 Å². The van der Waals surface area contributed by atoms with Crippen LogP contribution in [0.5, 0.6) is 0 Å². The van der Waals surface area contributed by atoms with E-state index in [-0.39, 0.29) is 17.8 Å². The van der Waals surface area contributed by atoms with Crippen molar-refractivity contribution in [1.29, 1.82) is 0 Å². The van der Waals surface area contributed by atoms with E-state index in [0.29, 0.717) is 47.6 Å². The Kier molecular flexibility index (Phi) is 6.38. The molecule has 1 aliphatic rings. The highest BCUT2D eigenvalue weighted by molar-refractivity contribution is 6.13. The Morgan fingerprint density at radius 3 is 2.55 bits per heavy atom. The molecule has 3 aromatic heterocycles. The molecule has 198 valence electrons. The number of aromatic nitrogens is 4. The summed E-state index contributed by atoms with van der Waals surface area (Å²) in [6.45, 7) is 10.9. The van der Waals surface area contributed by atoms with Crippen molar-refractivity contribution in [3.05, 3.63) is 60.1 Å². The first-order chi connectivity index (χ1) is 18.0.